The Morgan fingerprint density at radius 3 is 2.18 bits per heavy atom. The zero-order chi connectivity index (χ0) is 23.4. The molecule has 1 aliphatic heterocycles. The highest BCUT2D eigenvalue weighted by Gasteiger charge is 2.33. The van der Waals surface area contributed by atoms with Crippen LogP contribution < -0.4 is 18.9 Å². The van der Waals surface area contributed by atoms with Crippen LogP contribution >= 0.6 is 15.9 Å². The second kappa shape index (κ2) is 10.2. The number of rotatable bonds is 7. The molecule has 0 spiro atoms. The van der Waals surface area contributed by atoms with E-state index in [-0.39, 0.29) is 11.9 Å². The highest BCUT2D eigenvalue weighted by atomic mass is 79.9. The maximum absolute atomic E-state index is 13.5. The standard InChI is InChI=1S/C26H26BrNO5/c1-30-20-8-10-21(11-9-20)33-16-23-22-15-25(32-3)24(31-2)14-18(22)12-13-28(23)26(29)17-4-6-19(27)7-5-17/h4-11,14-15,23H,12-13,16H2,1-3H3/t23-/m1/s1. The average Bonchev–Trinajstić information content (AvgIpc) is 2.86. The molecule has 1 heterocycles. The van der Waals surface area contributed by atoms with Crippen molar-refractivity contribution in [1.29, 1.82) is 0 Å². The van der Waals surface area contributed by atoms with Crippen molar-refractivity contribution >= 4 is 21.8 Å². The number of hydrogen-bond acceptors (Lipinski definition) is 5. The molecule has 0 fully saturated rings. The Hall–Kier alpha value is -3.19. The first-order chi connectivity index (χ1) is 16.0. The molecule has 0 unspecified atom stereocenters. The average molecular weight is 512 g/mol. The van der Waals surface area contributed by atoms with Gasteiger partial charge in [0.15, 0.2) is 11.5 Å². The molecule has 0 saturated heterocycles. The van der Waals surface area contributed by atoms with E-state index in [1.165, 1.54) is 0 Å². The first kappa shape index (κ1) is 23.0. The van der Waals surface area contributed by atoms with Gasteiger partial charge in [0.25, 0.3) is 5.91 Å². The number of benzene rings is 3. The summed E-state index contributed by atoms with van der Waals surface area (Å²) in [5, 5.41) is 0. The summed E-state index contributed by atoms with van der Waals surface area (Å²) < 4.78 is 23.3. The predicted octanol–water partition coefficient (Wildman–Crippen LogP) is 5.29. The monoisotopic (exact) mass is 511 g/mol. The van der Waals surface area contributed by atoms with Crippen LogP contribution in [0.1, 0.15) is 27.5 Å². The van der Waals surface area contributed by atoms with Crippen LogP contribution in [0.15, 0.2) is 65.1 Å². The predicted molar refractivity (Wildman–Crippen MR) is 130 cm³/mol. The van der Waals surface area contributed by atoms with Gasteiger partial charge in [-0.15, -0.1) is 0 Å². The van der Waals surface area contributed by atoms with E-state index >= 15 is 0 Å². The van der Waals surface area contributed by atoms with Gasteiger partial charge < -0.3 is 23.8 Å². The Morgan fingerprint density at radius 2 is 1.55 bits per heavy atom. The van der Waals surface area contributed by atoms with Crippen molar-refractivity contribution in [1.82, 2.24) is 4.90 Å². The Morgan fingerprint density at radius 1 is 0.909 bits per heavy atom. The van der Waals surface area contributed by atoms with Crippen LogP contribution in [0, 0.1) is 0 Å². The van der Waals surface area contributed by atoms with Crippen molar-refractivity contribution < 1.29 is 23.7 Å². The van der Waals surface area contributed by atoms with Crippen molar-refractivity contribution in [2.24, 2.45) is 0 Å². The van der Waals surface area contributed by atoms with Gasteiger partial charge in [0.2, 0.25) is 0 Å². The lowest BCUT2D eigenvalue weighted by molar-refractivity contribution is 0.0589. The molecule has 1 atom stereocenters. The number of carbonyl (C=O) groups is 1. The van der Waals surface area contributed by atoms with Gasteiger partial charge in [-0.2, -0.15) is 0 Å². The summed E-state index contributed by atoms with van der Waals surface area (Å²) in [6, 6.07) is 18.5. The molecule has 0 bridgehead atoms. The number of nitrogens with zero attached hydrogens (tertiary/aromatic N) is 1. The molecular formula is C26H26BrNO5. The molecule has 0 radical (unpaired) electrons. The fourth-order valence-corrected chi connectivity index (χ4v) is 4.32. The van der Waals surface area contributed by atoms with Gasteiger partial charge in [-0.3, -0.25) is 4.79 Å². The van der Waals surface area contributed by atoms with E-state index in [0.29, 0.717) is 36.0 Å². The number of hydrogen-bond donors (Lipinski definition) is 0. The lowest BCUT2D eigenvalue weighted by Gasteiger charge is -2.37. The molecule has 0 aromatic heterocycles. The third-order valence-corrected chi connectivity index (χ3v) is 6.35. The molecule has 33 heavy (non-hydrogen) atoms. The van der Waals surface area contributed by atoms with Crippen molar-refractivity contribution in [2.75, 3.05) is 34.5 Å². The minimum absolute atomic E-state index is 0.0359. The summed E-state index contributed by atoms with van der Waals surface area (Å²) in [7, 11) is 4.86. The van der Waals surface area contributed by atoms with Gasteiger partial charge in [0.05, 0.1) is 27.4 Å². The lowest BCUT2D eigenvalue weighted by Crippen LogP contribution is -2.42. The molecule has 0 N–H and O–H groups in total. The Kier molecular flexibility index (Phi) is 7.08. The first-order valence-corrected chi connectivity index (χ1v) is 11.4. The van der Waals surface area contributed by atoms with Crippen LogP contribution in [0.25, 0.3) is 0 Å². The second-order valence-electron chi connectivity index (χ2n) is 7.66. The molecule has 3 aromatic carbocycles. The first-order valence-electron chi connectivity index (χ1n) is 10.6. The van der Waals surface area contributed by atoms with E-state index in [9.17, 15) is 4.79 Å². The zero-order valence-electron chi connectivity index (χ0n) is 18.8. The minimum Gasteiger partial charge on any atom is -0.497 e. The lowest BCUT2D eigenvalue weighted by atomic mass is 9.91. The Bertz CT molecular complexity index is 1110. The Labute approximate surface area is 202 Å². The molecule has 1 amide bonds. The van der Waals surface area contributed by atoms with E-state index in [0.717, 1.165) is 27.8 Å². The number of halogens is 1. The summed E-state index contributed by atoms with van der Waals surface area (Å²) in [6.45, 7) is 0.880. The molecule has 0 aliphatic carbocycles. The molecule has 6 nitrogen and oxygen atoms in total. The van der Waals surface area contributed by atoms with Crippen molar-refractivity contribution in [3.8, 4) is 23.0 Å². The molecule has 3 aromatic rings. The summed E-state index contributed by atoms with van der Waals surface area (Å²) in [4.78, 5) is 15.4. The normalized spacial score (nSPS) is 14.9. The number of methoxy groups -OCH3 is 3. The number of carbonyl (C=O) groups excluding carboxylic acids is 1. The zero-order valence-corrected chi connectivity index (χ0v) is 20.4. The smallest absolute Gasteiger partial charge is 0.254 e. The van der Waals surface area contributed by atoms with Crippen molar-refractivity contribution in [2.45, 2.75) is 12.5 Å². The van der Waals surface area contributed by atoms with Gasteiger partial charge in [0, 0.05) is 16.6 Å². The van der Waals surface area contributed by atoms with Gasteiger partial charge >= 0.3 is 0 Å². The molecule has 172 valence electrons. The largest absolute Gasteiger partial charge is 0.497 e. The van der Waals surface area contributed by atoms with Crippen LogP contribution in [-0.4, -0.2) is 45.3 Å². The third kappa shape index (κ3) is 4.93. The fraction of sp³-hybridized carbons (Fsp3) is 0.269. The molecule has 0 saturated carbocycles. The maximum Gasteiger partial charge on any atom is 0.254 e. The van der Waals surface area contributed by atoms with Crippen LogP contribution in [0.3, 0.4) is 0 Å². The minimum atomic E-state index is -0.285. The van der Waals surface area contributed by atoms with Gasteiger partial charge in [-0.1, -0.05) is 15.9 Å². The van der Waals surface area contributed by atoms with Gasteiger partial charge in [-0.25, -0.2) is 0 Å². The highest BCUT2D eigenvalue weighted by molar-refractivity contribution is 9.10. The third-order valence-electron chi connectivity index (χ3n) is 5.82. The van der Waals surface area contributed by atoms with E-state index in [1.54, 1.807) is 21.3 Å². The SMILES string of the molecule is COc1ccc(OC[C@@H]2c3cc(OC)c(OC)cc3CCN2C(=O)c2ccc(Br)cc2)cc1. The number of ether oxygens (including phenoxy) is 4. The summed E-state index contributed by atoms with van der Waals surface area (Å²) in [6.07, 6.45) is 0.719. The maximum atomic E-state index is 13.5. The number of fused-ring (bicyclic) bond motifs is 1. The summed E-state index contributed by atoms with van der Waals surface area (Å²) in [5.41, 5.74) is 2.75. The van der Waals surface area contributed by atoms with Gasteiger partial charge in [-0.05, 0) is 78.2 Å². The van der Waals surface area contributed by atoms with Crippen LogP contribution in [0.4, 0.5) is 0 Å². The molecule has 4 rings (SSSR count). The Balaban J connectivity index is 1.68. The van der Waals surface area contributed by atoms with E-state index in [1.807, 2.05) is 65.6 Å². The van der Waals surface area contributed by atoms with Gasteiger partial charge in [0.1, 0.15) is 18.1 Å². The molecule has 1 aliphatic rings. The van der Waals surface area contributed by atoms with Crippen molar-refractivity contribution in [3.63, 3.8) is 0 Å². The summed E-state index contributed by atoms with van der Waals surface area (Å²) in [5.74, 6) is 2.74. The fourth-order valence-electron chi connectivity index (χ4n) is 4.06. The second-order valence-corrected chi connectivity index (χ2v) is 8.58. The van der Waals surface area contributed by atoms with E-state index < -0.39 is 0 Å². The van der Waals surface area contributed by atoms with Crippen LogP contribution in [0.5, 0.6) is 23.0 Å². The highest BCUT2D eigenvalue weighted by Crippen LogP contribution is 2.39. The van der Waals surface area contributed by atoms with Crippen LogP contribution in [-0.2, 0) is 6.42 Å². The molecular weight excluding hydrogens is 486 g/mol. The van der Waals surface area contributed by atoms with E-state index in [4.69, 9.17) is 18.9 Å². The topological polar surface area (TPSA) is 57.2 Å². The molecule has 7 heteroatoms. The van der Waals surface area contributed by atoms with E-state index in [2.05, 4.69) is 15.9 Å². The number of amides is 1. The van der Waals surface area contributed by atoms with Crippen molar-refractivity contribution in [3.05, 3.63) is 81.8 Å². The summed E-state index contributed by atoms with van der Waals surface area (Å²) >= 11 is 3.43. The van der Waals surface area contributed by atoms with Crippen LogP contribution in [0.2, 0.25) is 0 Å². The quantitative estimate of drug-likeness (QED) is 0.431.